The predicted octanol–water partition coefficient (Wildman–Crippen LogP) is 2.55. The molecular weight excluding hydrogens is 198 g/mol. The van der Waals surface area contributed by atoms with Crippen molar-refractivity contribution in [3.63, 3.8) is 0 Å². The van der Waals surface area contributed by atoms with Crippen LogP contribution in [0.25, 0.3) is 0 Å². The van der Waals surface area contributed by atoms with Crippen LogP contribution in [0.3, 0.4) is 0 Å². The number of para-hydroxylation sites is 1. The number of fused-ring (bicyclic) bond motifs is 1. The molecule has 0 radical (unpaired) electrons. The molecule has 1 fully saturated rings. The quantitative estimate of drug-likeness (QED) is 0.837. The van der Waals surface area contributed by atoms with E-state index < -0.39 is 0 Å². The average Bonchev–Trinajstić information content (AvgIpc) is 2.98. The molecule has 2 nitrogen and oxygen atoms in total. The monoisotopic (exact) mass is 217 g/mol. The Morgan fingerprint density at radius 2 is 2.25 bits per heavy atom. The Kier molecular flexibility index (Phi) is 2.60. The van der Waals surface area contributed by atoms with E-state index in [0.29, 0.717) is 5.92 Å². The van der Waals surface area contributed by atoms with E-state index in [1.165, 1.54) is 18.4 Å². The second kappa shape index (κ2) is 4.10. The molecule has 0 bridgehead atoms. The first-order valence-electron chi connectivity index (χ1n) is 6.33. The highest BCUT2D eigenvalue weighted by Crippen LogP contribution is 2.36. The molecule has 3 atom stereocenters. The molecule has 1 aliphatic carbocycles. The van der Waals surface area contributed by atoms with Gasteiger partial charge < -0.3 is 10.1 Å². The van der Waals surface area contributed by atoms with Crippen LogP contribution < -0.4 is 10.1 Å². The fraction of sp³-hybridized carbons (Fsp3) is 0.571. The molecule has 3 unspecified atom stereocenters. The van der Waals surface area contributed by atoms with Crippen molar-refractivity contribution >= 4 is 0 Å². The van der Waals surface area contributed by atoms with Crippen LogP contribution in [-0.2, 0) is 0 Å². The van der Waals surface area contributed by atoms with E-state index in [4.69, 9.17) is 4.74 Å². The maximum atomic E-state index is 5.68. The molecule has 1 aliphatic heterocycles. The van der Waals surface area contributed by atoms with E-state index in [0.717, 1.165) is 30.9 Å². The van der Waals surface area contributed by atoms with Crippen LogP contribution in [0.4, 0.5) is 0 Å². The van der Waals surface area contributed by atoms with Gasteiger partial charge in [0, 0.05) is 24.1 Å². The lowest BCUT2D eigenvalue weighted by Gasteiger charge is -2.10. The Morgan fingerprint density at radius 3 is 3.06 bits per heavy atom. The van der Waals surface area contributed by atoms with E-state index in [1.807, 2.05) is 6.07 Å². The SMILES string of the molecule is CCC1CC1NCC1COc2ccccc21. The van der Waals surface area contributed by atoms with Gasteiger partial charge in [0.05, 0.1) is 6.61 Å². The maximum absolute atomic E-state index is 5.68. The Morgan fingerprint density at radius 1 is 1.38 bits per heavy atom. The standard InChI is InChI=1S/C14H19NO/c1-2-10-7-13(10)15-8-11-9-16-14-6-4-3-5-12(11)14/h3-6,10-11,13,15H,2,7-9H2,1H3. The van der Waals surface area contributed by atoms with Crippen LogP contribution >= 0.6 is 0 Å². The molecule has 16 heavy (non-hydrogen) atoms. The molecule has 1 saturated carbocycles. The summed E-state index contributed by atoms with van der Waals surface area (Å²) < 4.78 is 5.68. The number of ether oxygens (including phenoxy) is 1. The molecule has 3 rings (SSSR count). The van der Waals surface area contributed by atoms with Gasteiger partial charge in [-0.1, -0.05) is 31.5 Å². The smallest absolute Gasteiger partial charge is 0.122 e. The third-order valence-electron chi connectivity index (χ3n) is 3.87. The Labute approximate surface area is 97.0 Å². The van der Waals surface area contributed by atoms with Gasteiger partial charge in [-0.3, -0.25) is 0 Å². The van der Waals surface area contributed by atoms with Gasteiger partial charge in [-0.2, -0.15) is 0 Å². The number of hydrogen-bond donors (Lipinski definition) is 1. The van der Waals surface area contributed by atoms with E-state index in [-0.39, 0.29) is 0 Å². The van der Waals surface area contributed by atoms with Crippen molar-refractivity contribution in [3.05, 3.63) is 29.8 Å². The number of rotatable bonds is 4. The van der Waals surface area contributed by atoms with Crippen molar-refractivity contribution in [3.8, 4) is 5.75 Å². The molecule has 86 valence electrons. The predicted molar refractivity (Wildman–Crippen MR) is 64.9 cm³/mol. The lowest BCUT2D eigenvalue weighted by Crippen LogP contribution is -2.25. The topological polar surface area (TPSA) is 21.3 Å². The molecular formula is C14H19NO. The van der Waals surface area contributed by atoms with Crippen LogP contribution in [0.15, 0.2) is 24.3 Å². The van der Waals surface area contributed by atoms with Crippen LogP contribution in [0, 0.1) is 5.92 Å². The van der Waals surface area contributed by atoms with Crippen LogP contribution in [-0.4, -0.2) is 19.2 Å². The number of nitrogens with one attached hydrogen (secondary N) is 1. The highest BCUT2D eigenvalue weighted by molar-refractivity contribution is 5.39. The molecule has 1 aromatic carbocycles. The van der Waals surface area contributed by atoms with Gasteiger partial charge in [-0.05, 0) is 18.4 Å². The molecule has 0 aromatic heterocycles. The molecule has 1 N–H and O–H groups in total. The van der Waals surface area contributed by atoms with Gasteiger partial charge in [-0.25, -0.2) is 0 Å². The minimum absolute atomic E-state index is 0.550. The molecule has 1 aromatic rings. The molecule has 0 amide bonds. The van der Waals surface area contributed by atoms with Gasteiger partial charge in [0.15, 0.2) is 0 Å². The molecule has 0 spiro atoms. The summed E-state index contributed by atoms with van der Waals surface area (Å²) in [5.74, 6) is 2.56. The van der Waals surface area contributed by atoms with Gasteiger partial charge in [-0.15, -0.1) is 0 Å². The number of benzene rings is 1. The van der Waals surface area contributed by atoms with Crippen LogP contribution in [0.1, 0.15) is 31.2 Å². The third-order valence-corrected chi connectivity index (χ3v) is 3.87. The summed E-state index contributed by atoms with van der Waals surface area (Å²) in [6, 6.07) is 9.19. The highest BCUT2D eigenvalue weighted by Gasteiger charge is 2.35. The van der Waals surface area contributed by atoms with E-state index >= 15 is 0 Å². The van der Waals surface area contributed by atoms with E-state index in [2.05, 4.69) is 30.4 Å². The van der Waals surface area contributed by atoms with Gasteiger partial charge >= 0.3 is 0 Å². The highest BCUT2D eigenvalue weighted by atomic mass is 16.5. The van der Waals surface area contributed by atoms with Crippen molar-refractivity contribution in [1.82, 2.24) is 5.32 Å². The average molecular weight is 217 g/mol. The minimum atomic E-state index is 0.550. The summed E-state index contributed by atoms with van der Waals surface area (Å²) in [6.45, 7) is 4.19. The van der Waals surface area contributed by atoms with Crippen molar-refractivity contribution in [1.29, 1.82) is 0 Å². The summed E-state index contributed by atoms with van der Waals surface area (Å²) >= 11 is 0. The molecule has 2 aliphatic rings. The minimum Gasteiger partial charge on any atom is -0.493 e. The summed E-state index contributed by atoms with van der Waals surface area (Å²) in [5, 5.41) is 3.66. The Bertz CT molecular complexity index is 377. The fourth-order valence-corrected chi connectivity index (χ4v) is 2.64. The molecule has 1 heterocycles. The molecule has 2 heteroatoms. The van der Waals surface area contributed by atoms with Crippen molar-refractivity contribution in [2.24, 2.45) is 5.92 Å². The Balaban J connectivity index is 1.57. The largest absolute Gasteiger partial charge is 0.493 e. The second-order valence-corrected chi connectivity index (χ2v) is 4.96. The van der Waals surface area contributed by atoms with Crippen LogP contribution in [0.2, 0.25) is 0 Å². The zero-order valence-electron chi connectivity index (χ0n) is 9.78. The lowest BCUT2D eigenvalue weighted by molar-refractivity contribution is 0.325. The first-order chi connectivity index (χ1) is 7.88. The first-order valence-corrected chi connectivity index (χ1v) is 6.33. The zero-order valence-corrected chi connectivity index (χ0v) is 9.78. The van der Waals surface area contributed by atoms with Gasteiger partial charge in [0.1, 0.15) is 5.75 Å². The molecule has 0 saturated heterocycles. The normalized spacial score (nSPS) is 30.9. The zero-order chi connectivity index (χ0) is 11.0. The maximum Gasteiger partial charge on any atom is 0.122 e. The second-order valence-electron chi connectivity index (χ2n) is 4.96. The summed E-state index contributed by atoms with van der Waals surface area (Å²) in [5.41, 5.74) is 1.38. The Hall–Kier alpha value is -1.02. The van der Waals surface area contributed by atoms with E-state index in [9.17, 15) is 0 Å². The van der Waals surface area contributed by atoms with Crippen molar-refractivity contribution in [2.45, 2.75) is 31.7 Å². The van der Waals surface area contributed by atoms with Gasteiger partial charge in [0.25, 0.3) is 0 Å². The third kappa shape index (κ3) is 1.82. The summed E-state index contributed by atoms with van der Waals surface area (Å²) in [6.07, 6.45) is 2.68. The first kappa shape index (κ1) is 10.2. The van der Waals surface area contributed by atoms with Crippen molar-refractivity contribution in [2.75, 3.05) is 13.2 Å². The van der Waals surface area contributed by atoms with E-state index in [1.54, 1.807) is 0 Å². The number of hydrogen-bond acceptors (Lipinski definition) is 2. The van der Waals surface area contributed by atoms with Crippen molar-refractivity contribution < 1.29 is 4.74 Å². The lowest BCUT2D eigenvalue weighted by atomic mass is 10.0. The summed E-state index contributed by atoms with van der Waals surface area (Å²) in [4.78, 5) is 0. The van der Waals surface area contributed by atoms with Crippen LogP contribution in [0.5, 0.6) is 5.75 Å². The summed E-state index contributed by atoms with van der Waals surface area (Å²) in [7, 11) is 0. The van der Waals surface area contributed by atoms with Gasteiger partial charge in [0.2, 0.25) is 0 Å². The fourth-order valence-electron chi connectivity index (χ4n) is 2.64.